The number of hydrogen-bond donors (Lipinski definition) is 1. The number of carbonyl (C=O) groups is 1. The summed E-state index contributed by atoms with van der Waals surface area (Å²) in [7, 11) is 1.66. The third-order valence-electron chi connectivity index (χ3n) is 2.67. The first kappa shape index (κ1) is 15.0. The third-order valence-corrected chi connectivity index (χ3v) is 2.67. The molecule has 0 aliphatic heterocycles. The Morgan fingerprint density at radius 1 is 1.53 bits per heavy atom. The van der Waals surface area contributed by atoms with Crippen LogP contribution in [-0.2, 0) is 4.79 Å². The number of benzene rings is 1. The van der Waals surface area contributed by atoms with E-state index in [1.807, 2.05) is 6.07 Å². The number of rotatable bonds is 6. The first-order valence-electron chi connectivity index (χ1n) is 6.08. The standard InChI is InChI=1S/C14H18N2O3/c1-11(17)7-8-16(2)14(18)10-19-13-6-4-3-5-12(13)9-15/h3-6,11,17H,7-8,10H2,1-2H3. The maximum Gasteiger partial charge on any atom is 0.260 e. The number of nitriles is 1. The molecule has 102 valence electrons. The van der Waals surface area contributed by atoms with Gasteiger partial charge >= 0.3 is 0 Å². The monoisotopic (exact) mass is 262 g/mol. The van der Waals surface area contributed by atoms with Gasteiger partial charge in [-0.05, 0) is 25.5 Å². The summed E-state index contributed by atoms with van der Waals surface area (Å²) in [5.74, 6) is 0.218. The lowest BCUT2D eigenvalue weighted by molar-refractivity contribution is -0.132. The number of aliphatic hydroxyl groups is 1. The maximum atomic E-state index is 11.8. The molecule has 0 heterocycles. The highest BCUT2D eigenvalue weighted by atomic mass is 16.5. The molecule has 0 aliphatic carbocycles. The first-order chi connectivity index (χ1) is 9.04. The minimum atomic E-state index is -0.435. The molecule has 0 spiro atoms. The van der Waals surface area contributed by atoms with Gasteiger partial charge in [-0.15, -0.1) is 0 Å². The second kappa shape index (κ2) is 7.39. The molecule has 0 radical (unpaired) electrons. The molecule has 1 atom stereocenters. The number of likely N-dealkylation sites (N-methyl/N-ethyl adjacent to an activating group) is 1. The Kier molecular flexibility index (Phi) is 5.83. The van der Waals surface area contributed by atoms with Crippen molar-refractivity contribution in [2.75, 3.05) is 20.2 Å². The largest absolute Gasteiger partial charge is 0.482 e. The molecule has 1 amide bonds. The smallest absolute Gasteiger partial charge is 0.260 e. The van der Waals surface area contributed by atoms with Crippen molar-refractivity contribution in [1.29, 1.82) is 5.26 Å². The molecule has 1 N–H and O–H groups in total. The molecule has 0 saturated heterocycles. The van der Waals surface area contributed by atoms with Crippen molar-refractivity contribution in [3.05, 3.63) is 29.8 Å². The van der Waals surface area contributed by atoms with E-state index < -0.39 is 6.10 Å². The minimum Gasteiger partial charge on any atom is -0.482 e. The van der Waals surface area contributed by atoms with Gasteiger partial charge in [0, 0.05) is 13.6 Å². The van der Waals surface area contributed by atoms with Crippen LogP contribution in [0.25, 0.3) is 0 Å². The Bertz CT molecular complexity index is 466. The Morgan fingerprint density at radius 2 is 2.21 bits per heavy atom. The maximum absolute atomic E-state index is 11.8. The number of amides is 1. The highest BCUT2D eigenvalue weighted by Gasteiger charge is 2.11. The summed E-state index contributed by atoms with van der Waals surface area (Å²) < 4.78 is 5.34. The van der Waals surface area contributed by atoms with Crippen LogP contribution in [0.1, 0.15) is 18.9 Å². The van der Waals surface area contributed by atoms with Gasteiger partial charge < -0.3 is 14.7 Å². The molecule has 1 aromatic rings. The van der Waals surface area contributed by atoms with Crippen LogP contribution >= 0.6 is 0 Å². The molecule has 1 aromatic carbocycles. The van der Waals surface area contributed by atoms with Gasteiger partial charge in [0.2, 0.25) is 0 Å². The number of carbonyl (C=O) groups excluding carboxylic acids is 1. The topological polar surface area (TPSA) is 73.6 Å². The summed E-state index contributed by atoms with van der Waals surface area (Å²) in [5.41, 5.74) is 0.405. The summed E-state index contributed by atoms with van der Waals surface area (Å²) in [6.45, 7) is 2.03. The van der Waals surface area contributed by atoms with E-state index >= 15 is 0 Å². The predicted octanol–water partition coefficient (Wildman–Crippen LogP) is 1.17. The Balaban J connectivity index is 2.48. The van der Waals surface area contributed by atoms with Gasteiger partial charge in [0.05, 0.1) is 11.7 Å². The van der Waals surface area contributed by atoms with Gasteiger partial charge in [-0.3, -0.25) is 4.79 Å². The van der Waals surface area contributed by atoms with Crippen LogP contribution in [-0.4, -0.2) is 42.2 Å². The van der Waals surface area contributed by atoms with Crippen LogP contribution in [0.15, 0.2) is 24.3 Å². The van der Waals surface area contributed by atoms with Crippen LogP contribution < -0.4 is 4.74 Å². The average molecular weight is 262 g/mol. The summed E-state index contributed by atoms with van der Waals surface area (Å²) in [4.78, 5) is 13.3. The summed E-state index contributed by atoms with van der Waals surface area (Å²) >= 11 is 0. The van der Waals surface area contributed by atoms with Crippen molar-refractivity contribution < 1.29 is 14.6 Å². The van der Waals surface area contributed by atoms with E-state index in [4.69, 9.17) is 15.1 Å². The van der Waals surface area contributed by atoms with Crippen LogP contribution in [0, 0.1) is 11.3 Å². The highest BCUT2D eigenvalue weighted by molar-refractivity contribution is 5.77. The highest BCUT2D eigenvalue weighted by Crippen LogP contribution is 2.16. The van der Waals surface area contributed by atoms with Crippen molar-refractivity contribution in [3.8, 4) is 11.8 Å². The fraction of sp³-hybridized carbons (Fsp3) is 0.429. The Labute approximate surface area is 113 Å². The van der Waals surface area contributed by atoms with Crippen LogP contribution in [0.3, 0.4) is 0 Å². The summed E-state index contributed by atoms with van der Waals surface area (Å²) in [6, 6.07) is 8.78. The van der Waals surface area contributed by atoms with Crippen LogP contribution in [0.5, 0.6) is 5.75 Å². The van der Waals surface area contributed by atoms with Crippen molar-refractivity contribution in [2.24, 2.45) is 0 Å². The van der Waals surface area contributed by atoms with E-state index in [2.05, 4.69) is 0 Å². The predicted molar refractivity (Wildman–Crippen MR) is 70.6 cm³/mol. The van der Waals surface area contributed by atoms with Gasteiger partial charge in [-0.2, -0.15) is 5.26 Å². The quantitative estimate of drug-likeness (QED) is 0.835. The van der Waals surface area contributed by atoms with Crippen LogP contribution in [0.2, 0.25) is 0 Å². The van der Waals surface area contributed by atoms with Crippen molar-refractivity contribution in [2.45, 2.75) is 19.4 Å². The molecule has 19 heavy (non-hydrogen) atoms. The molecule has 0 aromatic heterocycles. The number of aliphatic hydroxyl groups excluding tert-OH is 1. The Morgan fingerprint density at radius 3 is 2.84 bits per heavy atom. The van der Waals surface area contributed by atoms with E-state index in [-0.39, 0.29) is 12.5 Å². The zero-order valence-electron chi connectivity index (χ0n) is 11.2. The molecule has 5 heteroatoms. The number of nitrogens with zero attached hydrogens (tertiary/aromatic N) is 2. The summed E-state index contributed by atoms with van der Waals surface area (Å²) in [5, 5.41) is 18.0. The first-order valence-corrected chi connectivity index (χ1v) is 6.08. The third kappa shape index (κ3) is 4.98. The lowest BCUT2D eigenvalue weighted by Gasteiger charge is -2.18. The molecule has 1 unspecified atom stereocenters. The fourth-order valence-electron chi connectivity index (χ4n) is 1.44. The van der Waals surface area contributed by atoms with Crippen LogP contribution in [0.4, 0.5) is 0 Å². The van der Waals surface area contributed by atoms with Crippen molar-refractivity contribution in [1.82, 2.24) is 4.90 Å². The minimum absolute atomic E-state index is 0.116. The molecular formula is C14H18N2O3. The molecule has 0 saturated carbocycles. The second-order valence-electron chi connectivity index (χ2n) is 4.35. The molecule has 1 rings (SSSR count). The lowest BCUT2D eigenvalue weighted by Crippen LogP contribution is -2.33. The number of ether oxygens (including phenoxy) is 1. The number of hydrogen-bond acceptors (Lipinski definition) is 4. The van der Waals surface area contributed by atoms with E-state index in [0.717, 1.165) is 0 Å². The molecule has 0 aliphatic rings. The van der Waals surface area contributed by atoms with E-state index in [9.17, 15) is 4.79 Å². The molecule has 0 fully saturated rings. The van der Waals surface area contributed by atoms with Crippen molar-refractivity contribution in [3.63, 3.8) is 0 Å². The molecule has 0 bridgehead atoms. The zero-order chi connectivity index (χ0) is 14.3. The zero-order valence-corrected chi connectivity index (χ0v) is 11.2. The van der Waals surface area contributed by atoms with E-state index in [1.165, 1.54) is 4.90 Å². The van der Waals surface area contributed by atoms with Crippen molar-refractivity contribution >= 4 is 5.91 Å². The molecular weight excluding hydrogens is 244 g/mol. The van der Waals surface area contributed by atoms with E-state index in [1.54, 1.807) is 38.2 Å². The average Bonchev–Trinajstić information content (AvgIpc) is 2.42. The van der Waals surface area contributed by atoms with Gasteiger partial charge in [-0.1, -0.05) is 12.1 Å². The lowest BCUT2D eigenvalue weighted by atomic mass is 10.2. The fourth-order valence-corrected chi connectivity index (χ4v) is 1.44. The normalized spacial score (nSPS) is 11.5. The van der Waals surface area contributed by atoms with E-state index in [0.29, 0.717) is 24.3 Å². The SMILES string of the molecule is CC(O)CCN(C)C(=O)COc1ccccc1C#N. The van der Waals surface area contributed by atoms with Gasteiger partial charge in [0.25, 0.3) is 5.91 Å². The number of para-hydroxylation sites is 1. The van der Waals surface area contributed by atoms with Gasteiger partial charge in [-0.25, -0.2) is 0 Å². The summed E-state index contributed by atoms with van der Waals surface area (Å²) in [6.07, 6.45) is 0.0901. The molecule has 5 nitrogen and oxygen atoms in total. The van der Waals surface area contributed by atoms with Gasteiger partial charge in [0.15, 0.2) is 6.61 Å². The van der Waals surface area contributed by atoms with Gasteiger partial charge in [0.1, 0.15) is 11.8 Å². The second-order valence-corrected chi connectivity index (χ2v) is 4.35. The Hall–Kier alpha value is -2.06.